The third-order valence-corrected chi connectivity index (χ3v) is 0. The van der Waals surface area contributed by atoms with E-state index < -0.39 is 7.91 Å². The quantitative estimate of drug-likeness (QED) is 0.296. The van der Waals surface area contributed by atoms with Crippen LogP contribution in [0, 0.1) is 0 Å². The maximum absolute atomic E-state index is 10.1. The van der Waals surface area contributed by atoms with Crippen LogP contribution in [-0.2, 0) is 32.2 Å². The second kappa shape index (κ2) is 6.06. The molecule has 0 aliphatic carbocycles. The molecule has 7 heteroatoms. The Hall–Kier alpha value is 1.94. The smallest absolute Gasteiger partial charge is 0.786 e. The first kappa shape index (κ1) is 16.0. The average molecular weight is 503 g/mol. The fourth-order valence-electron chi connectivity index (χ4n) is 0. The first-order chi connectivity index (χ1) is 2.00. The van der Waals surface area contributed by atoms with Gasteiger partial charge in [-0.3, -0.25) is 0 Å². The van der Waals surface area contributed by atoms with Crippen LogP contribution in [0.5, 0.6) is 0 Å². The van der Waals surface area contributed by atoms with E-state index in [1.807, 2.05) is 0 Å². The van der Waals surface area contributed by atoms with Crippen LogP contribution in [-0.4, -0.2) is 27.3 Å². The Morgan fingerprint density at radius 1 is 1.43 bits per heavy atom. The van der Waals surface area contributed by atoms with E-state index in [1.54, 1.807) is 0 Å². The van der Waals surface area contributed by atoms with Gasteiger partial charge in [-0.2, -0.15) is 0 Å². The Morgan fingerprint density at radius 3 is 1.43 bits per heavy atom. The standard InChI is InChI=1S/FH2O3P.Hg.Tl/c1-5(2,3)4;;/h(H2,2,3,4);;/q;2*+1/p-2. The Balaban J connectivity index is -0.0000000800. The van der Waals surface area contributed by atoms with Gasteiger partial charge in [-0.05, 0) is 0 Å². The van der Waals surface area contributed by atoms with Crippen molar-refractivity contribution in [1.29, 1.82) is 0 Å². The summed E-state index contributed by atoms with van der Waals surface area (Å²) >= 11 is 0. The van der Waals surface area contributed by atoms with Crippen molar-refractivity contribution < 1.29 is 46.2 Å². The van der Waals surface area contributed by atoms with Gasteiger partial charge >= 0.3 is 55.0 Å². The van der Waals surface area contributed by atoms with Crippen LogP contribution in [0.2, 0.25) is 0 Å². The zero-order valence-electron chi connectivity index (χ0n) is 3.33. The van der Waals surface area contributed by atoms with E-state index in [0.29, 0.717) is 0 Å². The van der Waals surface area contributed by atoms with Crippen molar-refractivity contribution in [3.05, 3.63) is 0 Å². The molecule has 0 aromatic heterocycles. The van der Waals surface area contributed by atoms with Crippen molar-refractivity contribution in [2.45, 2.75) is 0 Å². The van der Waals surface area contributed by atoms with Crippen LogP contribution < -0.4 is 9.79 Å². The van der Waals surface area contributed by atoms with Gasteiger partial charge in [0.05, 0.1) is 0 Å². The summed E-state index contributed by atoms with van der Waals surface area (Å²) in [4.78, 5) is 16.9. The van der Waals surface area contributed by atoms with Crippen LogP contribution in [0.25, 0.3) is 0 Å². The second-order valence-electron chi connectivity index (χ2n) is 0.431. The van der Waals surface area contributed by atoms with E-state index in [1.165, 1.54) is 0 Å². The molecule has 0 aliphatic heterocycles. The third-order valence-electron chi connectivity index (χ3n) is 0. The molecule has 0 aromatic carbocycles. The molecule has 0 heterocycles. The maximum Gasteiger partial charge on any atom is 1.00 e. The van der Waals surface area contributed by atoms with Gasteiger partial charge < -0.3 is 14.4 Å². The van der Waals surface area contributed by atoms with E-state index in [4.69, 9.17) is 14.4 Å². The zero-order chi connectivity index (χ0) is 4.50. The van der Waals surface area contributed by atoms with Gasteiger partial charge in [0, 0.05) is 0 Å². The Morgan fingerprint density at radius 2 is 1.43 bits per heavy atom. The van der Waals surface area contributed by atoms with Gasteiger partial charge in [0.2, 0.25) is 0 Å². The monoisotopic (exact) mass is 505 g/mol. The van der Waals surface area contributed by atoms with Gasteiger partial charge in [0.15, 0.2) is 0 Å². The van der Waals surface area contributed by atoms with Crippen LogP contribution >= 0.6 is 7.91 Å². The van der Waals surface area contributed by atoms with Gasteiger partial charge in [-0.15, -0.1) is 0 Å². The molecule has 0 spiro atoms. The predicted molar refractivity (Wildman–Crippen MR) is 14.5 cm³/mol. The van der Waals surface area contributed by atoms with Gasteiger partial charge in [0.1, 0.15) is 7.91 Å². The summed E-state index contributed by atoms with van der Waals surface area (Å²) < 4.78 is 18.6. The van der Waals surface area contributed by atoms with Crippen LogP contribution in [0.4, 0.5) is 4.20 Å². The van der Waals surface area contributed by atoms with E-state index in [0.717, 1.165) is 0 Å². The minimum Gasteiger partial charge on any atom is -0.786 e. The molecule has 7 heavy (non-hydrogen) atoms. The minimum atomic E-state index is -5.64. The molecule has 0 fully saturated rings. The normalized spacial score (nSPS) is 8.43. The summed E-state index contributed by atoms with van der Waals surface area (Å²) in [6.45, 7) is 0. The fraction of sp³-hybridized carbons (Fsp3) is 0. The summed E-state index contributed by atoms with van der Waals surface area (Å²) in [5, 5.41) is 0. The number of hydrogen-bond acceptors (Lipinski definition) is 3. The van der Waals surface area contributed by atoms with Gasteiger partial charge in [0.25, 0.3) is 0 Å². The predicted octanol–water partition coefficient (Wildman–Crippen LogP) is -1.60. The molecule has 3 nitrogen and oxygen atoms in total. The first-order valence-corrected chi connectivity index (χ1v) is 2.15. The molecule has 0 rings (SSSR count). The molecule has 1 radical (unpaired) electrons. The average Bonchev–Trinajstić information content (AvgIpc) is 0.722. The van der Waals surface area contributed by atoms with E-state index in [2.05, 4.69) is 0 Å². The molecule has 0 saturated carbocycles. The van der Waals surface area contributed by atoms with Crippen LogP contribution in [0.15, 0.2) is 0 Å². The van der Waals surface area contributed by atoms with E-state index in [9.17, 15) is 4.20 Å². The Bertz CT molecular complexity index is 61.1. The van der Waals surface area contributed by atoms with Crippen molar-refractivity contribution in [1.82, 2.24) is 0 Å². The molecule has 0 bridgehead atoms. The third kappa shape index (κ3) is 74.6. The zero-order valence-corrected chi connectivity index (χ0v) is 14.2. The SMILES string of the molecule is O=P([O-])([O-])F.[Hg+].[Tl+]. The van der Waals surface area contributed by atoms with Crippen molar-refractivity contribution >= 4 is 35.2 Å². The molecular formula is FHgO3PTl. The molecule has 35 valence electrons. The van der Waals surface area contributed by atoms with Crippen molar-refractivity contribution in [3.63, 3.8) is 0 Å². The number of hydrogen-bond donors (Lipinski definition) is 0. The summed E-state index contributed by atoms with van der Waals surface area (Å²) in [5.41, 5.74) is 0. The summed E-state index contributed by atoms with van der Waals surface area (Å²) in [6, 6.07) is 0. The second-order valence-corrected chi connectivity index (χ2v) is 1.29. The van der Waals surface area contributed by atoms with Crippen molar-refractivity contribution in [2.24, 2.45) is 0 Å². The van der Waals surface area contributed by atoms with Crippen LogP contribution in [0.1, 0.15) is 0 Å². The molecule has 0 aliphatic rings. The Labute approximate surface area is 80.6 Å². The van der Waals surface area contributed by atoms with Crippen molar-refractivity contribution in [2.75, 3.05) is 0 Å². The van der Waals surface area contributed by atoms with Gasteiger partial charge in [-0.25, -0.2) is 4.20 Å². The number of rotatable bonds is 0. The molecule has 0 N–H and O–H groups in total. The summed E-state index contributed by atoms with van der Waals surface area (Å²) in [5.74, 6) is 0. The van der Waals surface area contributed by atoms with E-state index >= 15 is 0 Å². The molecule has 0 saturated heterocycles. The molecule has 0 atom stereocenters. The fourth-order valence-corrected chi connectivity index (χ4v) is 0. The van der Waals surface area contributed by atoms with Gasteiger partial charge in [-0.1, -0.05) is 0 Å². The molecule has 0 aromatic rings. The summed E-state index contributed by atoms with van der Waals surface area (Å²) in [6.07, 6.45) is 0. The minimum absolute atomic E-state index is 0. The maximum atomic E-state index is 10.1. The summed E-state index contributed by atoms with van der Waals surface area (Å²) in [7, 11) is -5.64. The molecule has 0 unspecified atom stereocenters. The van der Waals surface area contributed by atoms with Crippen LogP contribution in [0.3, 0.4) is 0 Å². The molecule has 0 amide bonds. The Kier molecular flexibility index (Phi) is 13.8. The first-order valence-electron chi connectivity index (χ1n) is 0.717. The van der Waals surface area contributed by atoms with E-state index in [-0.39, 0.29) is 55.0 Å². The van der Waals surface area contributed by atoms with Crippen molar-refractivity contribution in [3.8, 4) is 0 Å². The molecular weight excluding hydrogens is 503 g/mol. The number of halogens is 1. The largest absolute Gasteiger partial charge is 1.00 e. The topological polar surface area (TPSA) is 63.2 Å².